The summed E-state index contributed by atoms with van der Waals surface area (Å²) in [5.41, 5.74) is -2.56. The number of rotatable bonds is 3. The number of nitrogens with zero attached hydrogens (tertiary/aromatic N) is 1. The molecule has 0 fully saturated rings. The maximum atomic E-state index is 12.4. The van der Waals surface area contributed by atoms with Crippen molar-refractivity contribution in [3.8, 4) is 0 Å². The van der Waals surface area contributed by atoms with Crippen LogP contribution in [0.15, 0.2) is 18.3 Å². The van der Waals surface area contributed by atoms with Gasteiger partial charge < -0.3 is 10.4 Å². The van der Waals surface area contributed by atoms with E-state index >= 15 is 0 Å². The van der Waals surface area contributed by atoms with Crippen LogP contribution < -0.4 is 5.32 Å². The molecule has 0 aliphatic carbocycles. The maximum Gasteiger partial charge on any atom is 0.417 e. The predicted octanol–water partition coefficient (Wildman–Crippen LogP) is 2.30. The van der Waals surface area contributed by atoms with Gasteiger partial charge in [-0.2, -0.15) is 13.2 Å². The summed E-state index contributed by atoms with van der Waals surface area (Å²) in [7, 11) is 1.62. The van der Waals surface area contributed by atoms with Crippen LogP contribution in [-0.4, -0.2) is 22.7 Å². The molecule has 0 saturated heterocycles. The van der Waals surface area contributed by atoms with Crippen molar-refractivity contribution in [2.75, 3.05) is 7.05 Å². The van der Waals surface area contributed by atoms with E-state index in [2.05, 4.69) is 10.3 Å². The molecule has 0 aromatic carbocycles. The summed E-state index contributed by atoms with van der Waals surface area (Å²) in [5.74, 6) is 0. The summed E-state index contributed by atoms with van der Waals surface area (Å²) in [4.78, 5) is 3.81. The molecule has 0 aliphatic heterocycles. The van der Waals surface area contributed by atoms with Crippen LogP contribution in [0.25, 0.3) is 0 Å². The Morgan fingerprint density at radius 2 is 1.68 bits per heavy atom. The van der Waals surface area contributed by atoms with Gasteiger partial charge in [0.2, 0.25) is 0 Å². The Kier molecular flexibility index (Phi) is 5.78. The van der Waals surface area contributed by atoms with E-state index in [9.17, 15) is 18.3 Å². The number of hydrogen-bond acceptors (Lipinski definition) is 3. The minimum Gasteiger partial charge on any atom is -0.388 e. The Morgan fingerprint density at radius 3 is 1.95 bits per heavy atom. The topological polar surface area (TPSA) is 45.2 Å². The molecule has 0 bridgehead atoms. The van der Waals surface area contributed by atoms with Crippen molar-refractivity contribution < 1.29 is 40.0 Å². The number of aromatic nitrogens is 1. The summed E-state index contributed by atoms with van der Waals surface area (Å²) in [6.45, 7) is 4.83. The van der Waals surface area contributed by atoms with E-state index in [0.29, 0.717) is 5.69 Å². The van der Waals surface area contributed by atoms with Crippen molar-refractivity contribution in [1.82, 2.24) is 10.3 Å². The first-order chi connectivity index (χ1) is 8.02. The van der Waals surface area contributed by atoms with Crippen LogP contribution in [-0.2, 0) is 33.4 Å². The zero-order valence-corrected chi connectivity index (χ0v) is 12.8. The van der Waals surface area contributed by atoms with Crippen molar-refractivity contribution in [2.24, 2.45) is 0 Å². The van der Waals surface area contributed by atoms with Crippen molar-refractivity contribution >= 4 is 0 Å². The Bertz CT molecular complexity index is 414. The fourth-order valence-electron chi connectivity index (χ4n) is 1.60. The number of pyridine rings is 1. The van der Waals surface area contributed by atoms with E-state index in [4.69, 9.17) is 0 Å². The minimum atomic E-state index is -4.41. The standard InChI is InChI=1S/C12H17F3N2O.Ti/c1-10(2,18)11(3,16-4)9-6-5-8(7-17-9)12(13,14)15;/h5-7,16,18H,1-4H3;. The van der Waals surface area contributed by atoms with E-state index in [-0.39, 0.29) is 21.7 Å². The first-order valence-electron chi connectivity index (χ1n) is 5.47. The molecule has 0 amide bonds. The number of hydrogen-bond donors (Lipinski definition) is 2. The maximum absolute atomic E-state index is 12.4. The summed E-state index contributed by atoms with van der Waals surface area (Å²) in [6, 6.07) is 2.24. The quantitative estimate of drug-likeness (QED) is 0.842. The Balaban J connectivity index is 0.00000324. The van der Waals surface area contributed by atoms with E-state index in [1.165, 1.54) is 6.07 Å². The zero-order chi connectivity index (χ0) is 14.2. The summed E-state index contributed by atoms with van der Waals surface area (Å²) < 4.78 is 37.3. The minimum absolute atomic E-state index is 0. The van der Waals surface area contributed by atoms with E-state index in [1.807, 2.05) is 0 Å². The van der Waals surface area contributed by atoms with Gasteiger partial charge in [0.1, 0.15) is 0 Å². The molecule has 1 heterocycles. The zero-order valence-electron chi connectivity index (χ0n) is 11.3. The molecule has 0 radical (unpaired) electrons. The molecule has 1 aromatic rings. The average molecular weight is 310 g/mol. The van der Waals surface area contributed by atoms with Gasteiger partial charge in [0.25, 0.3) is 0 Å². The molecule has 1 atom stereocenters. The smallest absolute Gasteiger partial charge is 0.388 e. The molecule has 0 aliphatic rings. The Morgan fingerprint density at radius 1 is 1.16 bits per heavy atom. The van der Waals surface area contributed by atoms with Crippen molar-refractivity contribution in [3.05, 3.63) is 29.6 Å². The van der Waals surface area contributed by atoms with Crippen molar-refractivity contribution in [2.45, 2.75) is 38.1 Å². The molecule has 1 rings (SSSR count). The summed E-state index contributed by atoms with van der Waals surface area (Å²) in [5, 5.41) is 13.0. The molecule has 1 unspecified atom stereocenters. The van der Waals surface area contributed by atoms with Gasteiger partial charge >= 0.3 is 6.18 Å². The monoisotopic (exact) mass is 310 g/mol. The molecule has 3 nitrogen and oxygen atoms in total. The molecule has 0 saturated carbocycles. The van der Waals surface area contributed by atoms with Gasteiger partial charge in [-0.1, -0.05) is 0 Å². The van der Waals surface area contributed by atoms with E-state index in [0.717, 1.165) is 12.3 Å². The first-order valence-corrected chi connectivity index (χ1v) is 5.47. The molecule has 2 N–H and O–H groups in total. The molecule has 1 aromatic heterocycles. The number of nitrogens with one attached hydrogen (secondary N) is 1. The van der Waals surface area contributed by atoms with Crippen LogP contribution in [0.3, 0.4) is 0 Å². The van der Waals surface area contributed by atoms with Gasteiger partial charge in [0.05, 0.1) is 22.4 Å². The van der Waals surface area contributed by atoms with Gasteiger partial charge in [-0.15, -0.1) is 0 Å². The third kappa shape index (κ3) is 3.78. The third-order valence-corrected chi connectivity index (χ3v) is 3.33. The number of likely N-dealkylation sites (N-methyl/N-ethyl adjacent to an activating group) is 1. The SMILES string of the molecule is CNC(C)(c1ccc(C(F)(F)F)cn1)C(C)(C)O.[Ti]. The second-order valence-corrected chi connectivity index (χ2v) is 4.86. The molecule has 7 heteroatoms. The number of alkyl halides is 3. The van der Waals surface area contributed by atoms with Gasteiger partial charge in [-0.05, 0) is 40.0 Å². The second-order valence-electron chi connectivity index (χ2n) is 4.86. The van der Waals surface area contributed by atoms with Crippen LogP contribution in [0.5, 0.6) is 0 Å². The number of halogens is 3. The number of aliphatic hydroxyl groups is 1. The Labute approximate surface area is 125 Å². The summed E-state index contributed by atoms with van der Waals surface area (Å²) >= 11 is 0. The van der Waals surface area contributed by atoms with Gasteiger partial charge in [-0.3, -0.25) is 4.98 Å². The van der Waals surface area contributed by atoms with Crippen molar-refractivity contribution in [1.29, 1.82) is 0 Å². The van der Waals surface area contributed by atoms with Crippen molar-refractivity contribution in [3.63, 3.8) is 0 Å². The molecular weight excluding hydrogens is 293 g/mol. The van der Waals surface area contributed by atoms with Gasteiger partial charge in [0, 0.05) is 27.9 Å². The fraction of sp³-hybridized carbons (Fsp3) is 0.583. The molecule has 0 spiro atoms. The molecule has 106 valence electrons. The van der Waals surface area contributed by atoms with Gasteiger partial charge in [0.15, 0.2) is 0 Å². The van der Waals surface area contributed by atoms with Gasteiger partial charge in [-0.25, -0.2) is 0 Å². The van der Waals surface area contributed by atoms with Crippen LogP contribution >= 0.6 is 0 Å². The third-order valence-electron chi connectivity index (χ3n) is 3.33. The molecule has 19 heavy (non-hydrogen) atoms. The molecular formula is C12H17F3N2OTi. The second kappa shape index (κ2) is 5.91. The Hall–Kier alpha value is -0.426. The predicted molar refractivity (Wildman–Crippen MR) is 61.9 cm³/mol. The van der Waals surface area contributed by atoms with Crippen LogP contribution in [0.2, 0.25) is 0 Å². The average Bonchev–Trinajstić information content (AvgIpc) is 2.25. The van der Waals surface area contributed by atoms with E-state index < -0.39 is 22.9 Å². The van der Waals surface area contributed by atoms with Crippen LogP contribution in [0, 0.1) is 0 Å². The largest absolute Gasteiger partial charge is 0.417 e. The first kappa shape index (κ1) is 18.6. The van der Waals surface area contributed by atoms with Crippen LogP contribution in [0.1, 0.15) is 32.0 Å². The normalized spacial score (nSPS) is 15.6. The van der Waals surface area contributed by atoms with Crippen LogP contribution in [0.4, 0.5) is 13.2 Å². The van der Waals surface area contributed by atoms with E-state index in [1.54, 1.807) is 27.8 Å². The fourth-order valence-corrected chi connectivity index (χ4v) is 1.60. The summed E-state index contributed by atoms with van der Waals surface area (Å²) in [6.07, 6.45) is -3.63.